The maximum absolute atomic E-state index is 13.6. The number of carbonyl (C=O) groups is 2. The Balaban J connectivity index is 1.76. The van der Waals surface area contributed by atoms with Crippen molar-refractivity contribution in [2.24, 2.45) is 5.92 Å². The fraction of sp³-hybridized carbons (Fsp3) is 0.542. The monoisotopic (exact) mass is 461 g/mol. The lowest BCUT2D eigenvalue weighted by atomic mass is 9.88. The summed E-state index contributed by atoms with van der Waals surface area (Å²) >= 11 is 5.91. The smallest absolute Gasteiger partial charge is 0.243 e. The van der Waals surface area contributed by atoms with Crippen molar-refractivity contribution in [2.45, 2.75) is 71.1 Å². The zero-order valence-corrected chi connectivity index (χ0v) is 20.0. The Labute approximate surface area is 194 Å². The van der Waals surface area contributed by atoms with Crippen molar-refractivity contribution in [1.29, 1.82) is 0 Å². The summed E-state index contributed by atoms with van der Waals surface area (Å²) in [4.78, 5) is 28.0. The molecule has 2 amide bonds. The summed E-state index contributed by atoms with van der Waals surface area (Å²) in [6.07, 6.45) is -0.551. The molecule has 1 aliphatic heterocycles. The fourth-order valence-electron chi connectivity index (χ4n) is 3.92. The molecule has 0 bridgehead atoms. The molecule has 1 fully saturated rings. The Kier molecular flexibility index (Phi) is 7.30. The molecule has 7 nitrogen and oxygen atoms in total. The molecule has 3 rings (SSSR count). The normalized spacial score (nSPS) is 19.9. The second-order valence-electron chi connectivity index (χ2n) is 9.83. The van der Waals surface area contributed by atoms with Crippen molar-refractivity contribution in [2.75, 3.05) is 6.54 Å². The SMILES string of the molecule is CC(C)C(C(=O)N1CC(O)CC1C(=O)NCc1ccc(Cl)cc1)c1cc(C(C)(C)C)no1. The number of aliphatic hydroxyl groups is 1. The highest BCUT2D eigenvalue weighted by Crippen LogP contribution is 2.33. The molecule has 1 aromatic heterocycles. The van der Waals surface area contributed by atoms with Crippen LogP contribution in [-0.4, -0.2) is 45.7 Å². The average molecular weight is 462 g/mol. The number of aromatic nitrogens is 1. The summed E-state index contributed by atoms with van der Waals surface area (Å²) < 4.78 is 5.56. The molecule has 0 aliphatic carbocycles. The topological polar surface area (TPSA) is 95.7 Å². The quantitative estimate of drug-likeness (QED) is 0.684. The van der Waals surface area contributed by atoms with E-state index in [2.05, 4.69) is 10.5 Å². The van der Waals surface area contributed by atoms with Crippen LogP contribution in [-0.2, 0) is 21.5 Å². The minimum atomic E-state index is -0.752. The predicted molar refractivity (Wildman–Crippen MR) is 122 cm³/mol. The predicted octanol–water partition coefficient (Wildman–Crippen LogP) is 3.64. The molecule has 1 aromatic carbocycles. The van der Waals surface area contributed by atoms with E-state index >= 15 is 0 Å². The third kappa shape index (κ3) is 5.51. The van der Waals surface area contributed by atoms with Gasteiger partial charge >= 0.3 is 0 Å². The number of hydrogen-bond donors (Lipinski definition) is 2. The Bertz CT molecular complexity index is 949. The molecular formula is C24H32ClN3O4. The second kappa shape index (κ2) is 9.63. The van der Waals surface area contributed by atoms with Gasteiger partial charge in [-0.1, -0.05) is 63.5 Å². The van der Waals surface area contributed by atoms with Gasteiger partial charge in [0, 0.05) is 36.0 Å². The van der Waals surface area contributed by atoms with E-state index in [9.17, 15) is 14.7 Å². The van der Waals surface area contributed by atoms with Crippen LogP contribution in [0.2, 0.25) is 5.02 Å². The standard InChI is InChI=1S/C24H32ClN3O4/c1-14(2)21(19-11-20(27-32-19)24(3,4)5)23(31)28-13-17(29)10-18(28)22(30)26-12-15-6-8-16(25)9-7-15/h6-9,11,14,17-18,21,29H,10,12-13H2,1-5H3,(H,26,30). The van der Waals surface area contributed by atoms with Gasteiger partial charge in [-0.25, -0.2) is 0 Å². The van der Waals surface area contributed by atoms with E-state index in [1.807, 2.05) is 52.8 Å². The number of amides is 2. The maximum atomic E-state index is 13.6. The first-order valence-electron chi connectivity index (χ1n) is 10.9. The van der Waals surface area contributed by atoms with Crippen LogP contribution in [0.15, 0.2) is 34.9 Å². The molecule has 1 aliphatic rings. The lowest BCUT2D eigenvalue weighted by molar-refractivity contribution is -0.141. The van der Waals surface area contributed by atoms with Gasteiger partial charge in [0.2, 0.25) is 11.8 Å². The number of nitrogens with one attached hydrogen (secondary N) is 1. The summed E-state index contributed by atoms with van der Waals surface area (Å²) in [5, 5.41) is 17.9. The van der Waals surface area contributed by atoms with Gasteiger partial charge in [-0.2, -0.15) is 0 Å². The molecule has 0 radical (unpaired) electrons. The molecule has 32 heavy (non-hydrogen) atoms. The van der Waals surface area contributed by atoms with Gasteiger partial charge in [0.25, 0.3) is 0 Å². The Morgan fingerprint density at radius 3 is 2.50 bits per heavy atom. The van der Waals surface area contributed by atoms with Crippen LogP contribution in [0.1, 0.15) is 64.0 Å². The third-order valence-corrected chi connectivity index (χ3v) is 6.03. The van der Waals surface area contributed by atoms with Crippen LogP contribution in [0.4, 0.5) is 0 Å². The van der Waals surface area contributed by atoms with Gasteiger partial charge in [-0.05, 0) is 23.6 Å². The van der Waals surface area contributed by atoms with Gasteiger partial charge < -0.3 is 19.8 Å². The van der Waals surface area contributed by atoms with Crippen LogP contribution in [0.25, 0.3) is 0 Å². The number of benzene rings is 1. The molecule has 1 saturated heterocycles. The number of nitrogens with zero attached hydrogens (tertiary/aromatic N) is 2. The molecule has 2 N–H and O–H groups in total. The summed E-state index contributed by atoms with van der Waals surface area (Å²) in [5.41, 5.74) is 1.46. The van der Waals surface area contributed by atoms with Crippen molar-refractivity contribution in [3.63, 3.8) is 0 Å². The zero-order chi connectivity index (χ0) is 23.6. The van der Waals surface area contributed by atoms with Crippen LogP contribution in [0.5, 0.6) is 0 Å². The van der Waals surface area contributed by atoms with Crippen LogP contribution < -0.4 is 5.32 Å². The van der Waals surface area contributed by atoms with E-state index in [-0.39, 0.29) is 36.1 Å². The fourth-order valence-corrected chi connectivity index (χ4v) is 4.04. The van der Waals surface area contributed by atoms with Gasteiger partial charge in [0.15, 0.2) is 0 Å². The van der Waals surface area contributed by atoms with Crippen molar-refractivity contribution < 1.29 is 19.2 Å². The summed E-state index contributed by atoms with van der Waals surface area (Å²) in [6, 6.07) is 8.27. The lowest BCUT2D eigenvalue weighted by Gasteiger charge is -2.28. The molecule has 0 spiro atoms. The van der Waals surface area contributed by atoms with Crippen LogP contribution in [0, 0.1) is 5.92 Å². The first-order chi connectivity index (χ1) is 15.0. The zero-order valence-electron chi connectivity index (χ0n) is 19.3. The number of likely N-dealkylation sites (tertiary alicyclic amines) is 1. The summed E-state index contributed by atoms with van der Waals surface area (Å²) in [5.74, 6) is -0.703. The molecule has 0 saturated carbocycles. The maximum Gasteiger partial charge on any atom is 0.243 e. The van der Waals surface area contributed by atoms with Crippen molar-refractivity contribution >= 4 is 23.4 Å². The number of aliphatic hydroxyl groups excluding tert-OH is 1. The van der Waals surface area contributed by atoms with Crippen LogP contribution >= 0.6 is 11.6 Å². The number of carbonyl (C=O) groups excluding carboxylic acids is 2. The second-order valence-corrected chi connectivity index (χ2v) is 10.3. The van der Waals surface area contributed by atoms with Gasteiger partial charge in [-0.3, -0.25) is 9.59 Å². The van der Waals surface area contributed by atoms with Gasteiger partial charge in [-0.15, -0.1) is 0 Å². The first-order valence-corrected chi connectivity index (χ1v) is 11.3. The third-order valence-electron chi connectivity index (χ3n) is 5.78. The molecule has 2 heterocycles. The highest BCUT2D eigenvalue weighted by Gasteiger charge is 2.43. The number of hydrogen-bond acceptors (Lipinski definition) is 5. The van der Waals surface area contributed by atoms with E-state index in [0.29, 0.717) is 17.3 Å². The Hall–Kier alpha value is -2.38. The van der Waals surface area contributed by atoms with Crippen molar-refractivity contribution in [3.05, 3.63) is 52.4 Å². The van der Waals surface area contributed by atoms with E-state index in [4.69, 9.17) is 16.1 Å². The van der Waals surface area contributed by atoms with E-state index in [0.717, 1.165) is 11.3 Å². The minimum absolute atomic E-state index is 0.0706. The minimum Gasteiger partial charge on any atom is -0.391 e. The lowest BCUT2D eigenvalue weighted by Crippen LogP contribution is -2.48. The molecule has 3 atom stereocenters. The first kappa shape index (κ1) is 24.3. The molecule has 2 aromatic rings. The highest BCUT2D eigenvalue weighted by atomic mass is 35.5. The Morgan fingerprint density at radius 1 is 1.28 bits per heavy atom. The molecule has 8 heteroatoms. The van der Waals surface area contributed by atoms with Gasteiger partial charge in [0.05, 0.1) is 11.8 Å². The average Bonchev–Trinajstić information content (AvgIpc) is 3.34. The molecular weight excluding hydrogens is 430 g/mol. The summed E-state index contributed by atoms with van der Waals surface area (Å²) in [6.45, 7) is 10.4. The van der Waals surface area contributed by atoms with Crippen molar-refractivity contribution in [1.82, 2.24) is 15.4 Å². The number of rotatable bonds is 6. The largest absolute Gasteiger partial charge is 0.391 e. The van der Waals surface area contributed by atoms with E-state index in [1.54, 1.807) is 12.1 Å². The van der Waals surface area contributed by atoms with Crippen LogP contribution in [0.3, 0.4) is 0 Å². The summed E-state index contributed by atoms with van der Waals surface area (Å²) in [7, 11) is 0. The van der Waals surface area contributed by atoms with Gasteiger partial charge in [0.1, 0.15) is 17.7 Å². The van der Waals surface area contributed by atoms with Crippen molar-refractivity contribution in [3.8, 4) is 0 Å². The molecule has 3 unspecified atom stereocenters. The van der Waals surface area contributed by atoms with E-state index < -0.39 is 18.1 Å². The van der Waals surface area contributed by atoms with E-state index in [1.165, 1.54) is 4.90 Å². The number of halogens is 1. The molecule has 174 valence electrons. The Morgan fingerprint density at radius 2 is 1.94 bits per heavy atom. The number of β-amino-alcohol motifs (C(OH)–C–C–N with tert-alkyl or cyclic N) is 1. The highest BCUT2D eigenvalue weighted by molar-refractivity contribution is 6.30.